The van der Waals surface area contributed by atoms with E-state index in [-0.39, 0.29) is 24.2 Å². The van der Waals surface area contributed by atoms with Crippen LogP contribution >= 0.6 is 0 Å². The number of nitrogens with zero attached hydrogens (tertiary/aromatic N) is 3. The van der Waals surface area contributed by atoms with E-state index in [4.69, 9.17) is 0 Å². The lowest BCUT2D eigenvalue weighted by Gasteiger charge is -2.48. The van der Waals surface area contributed by atoms with Gasteiger partial charge in [-0.25, -0.2) is 4.39 Å². The molecule has 2 aliphatic rings. The predicted molar refractivity (Wildman–Crippen MR) is 80.8 cm³/mol. The van der Waals surface area contributed by atoms with Crippen LogP contribution in [0.1, 0.15) is 5.56 Å². The number of hydrogen-bond acceptors (Lipinski definition) is 4. The van der Waals surface area contributed by atoms with Gasteiger partial charge < -0.3 is 14.9 Å². The molecule has 3 rings (SSSR count). The number of rotatable bonds is 3. The molecule has 1 aromatic rings. The van der Waals surface area contributed by atoms with Gasteiger partial charge in [-0.1, -0.05) is 18.2 Å². The maximum Gasteiger partial charge on any atom is 0.248 e. The van der Waals surface area contributed by atoms with Crippen molar-refractivity contribution in [2.24, 2.45) is 0 Å². The highest BCUT2D eigenvalue weighted by molar-refractivity contribution is 5.97. The van der Waals surface area contributed by atoms with Gasteiger partial charge in [0, 0.05) is 38.8 Å². The smallest absolute Gasteiger partial charge is 0.248 e. The zero-order valence-corrected chi connectivity index (χ0v) is 13.0. The van der Waals surface area contributed by atoms with Crippen molar-refractivity contribution in [1.82, 2.24) is 14.7 Å². The number of carbonyl (C=O) groups excluding carboxylic acids is 2. The van der Waals surface area contributed by atoms with Crippen molar-refractivity contribution in [3.05, 3.63) is 35.6 Å². The van der Waals surface area contributed by atoms with Crippen molar-refractivity contribution < 1.29 is 19.1 Å². The Kier molecular flexibility index (Phi) is 4.32. The van der Waals surface area contributed by atoms with Crippen LogP contribution < -0.4 is 0 Å². The fraction of sp³-hybridized carbons (Fsp3) is 0.500. The Bertz CT molecular complexity index is 624. The Hall–Kier alpha value is -1.99. The van der Waals surface area contributed by atoms with Gasteiger partial charge in [0.1, 0.15) is 17.9 Å². The Labute approximate surface area is 134 Å². The van der Waals surface area contributed by atoms with Crippen LogP contribution in [0.4, 0.5) is 4.39 Å². The molecule has 0 bridgehead atoms. The Morgan fingerprint density at radius 1 is 1.22 bits per heavy atom. The number of fused-ring (bicyclic) bond motifs is 1. The molecule has 2 fully saturated rings. The molecule has 0 aromatic heterocycles. The first kappa shape index (κ1) is 15.9. The average Bonchev–Trinajstić information content (AvgIpc) is 2.55. The average molecular weight is 321 g/mol. The van der Waals surface area contributed by atoms with Crippen LogP contribution in [0, 0.1) is 5.82 Å². The van der Waals surface area contributed by atoms with E-state index in [1.165, 1.54) is 18.0 Å². The van der Waals surface area contributed by atoms with Crippen LogP contribution in [0.25, 0.3) is 0 Å². The summed E-state index contributed by atoms with van der Waals surface area (Å²) in [5.41, 5.74) is 0.581. The predicted octanol–water partition coefficient (Wildman–Crippen LogP) is -0.329. The minimum atomic E-state index is -0.795. The Morgan fingerprint density at radius 3 is 2.65 bits per heavy atom. The fourth-order valence-corrected chi connectivity index (χ4v) is 3.27. The maximum atomic E-state index is 13.8. The number of likely N-dealkylation sites (N-methyl/N-ethyl adjacent to an activating group) is 1. The number of carbonyl (C=O) groups is 2. The van der Waals surface area contributed by atoms with Gasteiger partial charge in [0.2, 0.25) is 11.8 Å². The number of piperazine rings is 2. The molecule has 0 radical (unpaired) electrons. The molecular formula is C16H20FN3O3. The number of benzene rings is 1. The van der Waals surface area contributed by atoms with Crippen LogP contribution in [0.5, 0.6) is 0 Å². The highest BCUT2D eigenvalue weighted by atomic mass is 19.1. The van der Waals surface area contributed by atoms with E-state index in [1.54, 1.807) is 23.1 Å². The van der Waals surface area contributed by atoms with Gasteiger partial charge in [-0.15, -0.1) is 0 Å². The van der Waals surface area contributed by atoms with E-state index >= 15 is 0 Å². The summed E-state index contributed by atoms with van der Waals surface area (Å²) in [5.74, 6) is -0.662. The number of aliphatic hydroxyl groups excluding tert-OH is 1. The molecule has 23 heavy (non-hydrogen) atoms. The molecule has 2 saturated heterocycles. The molecule has 2 amide bonds. The summed E-state index contributed by atoms with van der Waals surface area (Å²) < 4.78 is 13.8. The third-order valence-corrected chi connectivity index (χ3v) is 4.66. The zero-order valence-electron chi connectivity index (χ0n) is 13.0. The second-order valence-electron chi connectivity index (χ2n) is 6.02. The molecule has 0 saturated carbocycles. The number of hydrogen-bond donors (Lipinski definition) is 1. The van der Waals surface area contributed by atoms with Crippen LogP contribution in [0.3, 0.4) is 0 Å². The fourth-order valence-electron chi connectivity index (χ4n) is 3.27. The molecule has 2 heterocycles. The van der Waals surface area contributed by atoms with Crippen LogP contribution in [0.15, 0.2) is 24.3 Å². The van der Waals surface area contributed by atoms with Crippen molar-refractivity contribution in [1.29, 1.82) is 0 Å². The van der Waals surface area contributed by atoms with Crippen LogP contribution in [0.2, 0.25) is 0 Å². The Balaban J connectivity index is 1.74. The largest absolute Gasteiger partial charge is 0.394 e. The van der Waals surface area contributed by atoms with Gasteiger partial charge >= 0.3 is 0 Å². The first-order valence-corrected chi connectivity index (χ1v) is 7.66. The quantitative estimate of drug-likeness (QED) is 0.828. The lowest BCUT2D eigenvalue weighted by molar-refractivity contribution is -0.165. The molecule has 6 nitrogen and oxygen atoms in total. The summed E-state index contributed by atoms with van der Waals surface area (Å²) in [6, 6.07) is 5.21. The molecule has 124 valence electrons. The highest BCUT2D eigenvalue weighted by Gasteiger charge is 2.46. The van der Waals surface area contributed by atoms with Crippen LogP contribution in [-0.2, 0) is 16.1 Å². The molecule has 2 aliphatic heterocycles. The van der Waals surface area contributed by atoms with E-state index in [1.807, 2.05) is 4.90 Å². The molecule has 1 aromatic carbocycles. The molecule has 1 N–H and O–H groups in total. The van der Waals surface area contributed by atoms with Crippen molar-refractivity contribution in [3.8, 4) is 0 Å². The molecule has 0 spiro atoms. The Morgan fingerprint density at radius 2 is 1.96 bits per heavy atom. The van der Waals surface area contributed by atoms with E-state index in [9.17, 15) is 19.1 Å². The van der Waals surface area contributed by atoms with Crippen molar-refractivity contribution in [3.63, 3.8) is 0 Å². The monoisotopic (exact) mass is 321 g/mol. The molecule has 7 heteroatoms. The second-order valence-corrected chi connectivity index (χ2v) is 6.02. The summed E-state index contributed by atoms with van der Waals surface area (Å²) in [4.78, 5) is 29.7. The SMILES string of the molecule is CN1C(=O)[C@H]2CN(Cc3ccccc3F)CCN2C(=O)[C@@H]1CO. The van der Waals surface area contributed by atoms with Gasteiger partial charge in [0.05, 0.1) is 6.61 Å². The summed E-state index contributed by atoms with van der Waals surface area (Å²) in [6.07, 6.45) is 0. The highest BCUT2D eigenvalue weighted by Crippen LogP contribution is 2.22. The molecule has 0 aliphatic carbocycles. The standard InChI is InChI=1S/C16H20FN3O3/c1-18-14(10-21)16(23)20-7-6-19(9-13(20)15(18)22)8-11-4-2-3-5-12(11)17/h2-5,13-14,21H,6-10H2,1H3/t13-,14+/m1/s1. The van der Waals surface area contributed by atoms with Gasteiger partial charge in [-0.2, -0.15) is 0 Å². The van der Waals surface area contributed by atoms with Gasteiger partial charge in [-0.05, 0) is 6.07 Å². The van der Waals surface area contributed by atoms with Gasteiger partial charge in [-0.3, -0.25) is 14.5 Å². The van der Waals surface area contributed by atoms with Crippen molar-refractivity contribution in [2.45, 2.75) is 18.6 Å². The van der Waals surface area contributed by atoms with E-state index in [2.05, 4.69) is 0 Å². The summed E-state index contributed by atoms with van der Waals surface area (Å²) in [6.45, 7) is 1.40. The second kappa shape index (κ2) is 6.25. The maximum absolute atomic E-state index is 13.8. The summed E-state index contributed by atoms with van der Waals surface area (Å²) >= 11 is 0. The molecular weight excluding hydrogens is 301 g/mol. The molecule has 2 atom stereocenters. The van der Waals surface area contributed by atoms with E-state index in [0.717, 1.165) is 0 Å². The normalized spacial score (nSPS) is 25.7. The third kappa shape index (κ3) is 2.82. The topological polar surface area (TPSA) is 64.1 Å². The first-order chi connectivity index (χ1) is 11.0. The minimum Gasteiger partial charge on any atom is -0.394 e. The van der Waals surface area contributed by atoms with E-state index in [0.29, 0.717) is 31.7 Å². The third-order valence-electron chi connectivity index (χ3n) is 4.66. The summed E-state index contributed by atoms with van der Waals surface area (Å²) in [5, 5.41) is 9.32. The van der Waals surface area contributed by atoms with Crippen molar-refractivity contribution >= 4 is 11.8 Å². The first-order valence-electron chi connectivity index (χ1n) is 7.66. The van der Waals surface area contributed by atoms with E-state index < -0.39 is 12.1 Å². The number of halogens is 1. The molecule has 0 unspecified atom stereocenters. The number of amides is 2. The van der Waals surface area contributed by atoms with Crippen molar-refractivity contribution in [2.75, 3.05) is 33.3 Å². The lowest BCUT2D eigenvalue weighted by Crippen LogP contribution is -2.69. The van der Waals surface area contributed by atoms with Gasteiger partial charge in [0.25, 0.3) is 0 Å². The summed E-state index contributed by atoms with van der Waals surface area (Å²) in [7, 11) is 1.54. The minimum absolute atomic E-state index is 0.179. The zero-order chi connectivity index (χ0) is 16.6. The number of aliphatic hydroxyl groups is 1. The van der Waals surface area contributed by atoms with Gasteiger partial charge in [0.15, 0.2) is 0 Å². The van der Waals surface area contributed by atoms with Crippen LogP contribution in [-0.4, -0.2) is 77.0 Å². The lowest BCUT2D eigenvalue weighted by atomic mass is 10.0.